The number of hydrogen-bond acceptors (Lipinski definition) is 4. The number of sulfone groups is 1. The molecule has 0 aromatic heterocycles. The maximum Gasteiger partial charge on any atom is 0.220 e. The summed E-state index contributed by atoms with van der Waals surface area (Å²) < 4.78 is 37.4. The first-order valence-electron chi connectivity index (χ1n) is 6.74. The van der Waals surface area contributed by atoms with E-state index in [1.54, 1.807) is 13.0 Å². The van der Waals surface area contributed by atoms with Crippen molar-refractivity contribution in [3.05, 3.63) is 23.5 Å². The summed E-state index contributed by atoms with van der Waals surface area (Å²) in [6.07, 6.45) is 2.22. The van der Waals surface area contributed by atoms with Gasteiger partial charge in [-0.25, -0.2) is 12.8 Å². The standard InChI is InChI=1S/C14H19FN2O3S/c1-9-7-12(13(8-11(9)15)21(2,19)20)17-5-3-10(4-6-17)14(16)18/h7-8,10H,3-6H2,1-2H3,(H2,16,18). The Balaban J connectivity index is 2.36. The Bertz CT molecular complexity index is 665. The Morgan fingerprint density at radius 3 is 2.38 bits per heavy atom. The molecule has 0 saturated carbocycles. The van der Waals surface area contributed by atoms with Gasteiger partial charge in [-0.15, -0.1) is 0 Å². The largest absolute Gasteiger partial charge is 0.370 e. The zero-order valence-corrected chi connectivity index (χ0v) is 12.9. The highest BCUT2D eigenvalue weighted by atomic mass is 32.2. The summed E-state index contributed by atoms with van der Waals surface area (Å²) >= 11 is 0. The van der Waals surface area contributed by atoms with E-state index in [2.05, 4.69) is 0 Å². The van der Waals surface area contributed by atoms with Crippen molar-refractivity contribution in [1.82, 2.24) is 0 Å². The van der Waals surface area contributed by atoms with E-state index in [0.29, 0.717) is 37.2 Å². The van der Waals surface area contributed by atoms with E-state index >= 15 is 0 Å². The minimum absolute atomic E-state index is 0.0110. The van der Waals surface area contributed by atoms with Crippen molar-refractivity contribution < 1.29 is 17.6 Å². The minimum atomic E-state index is -3.53. The summed E-state index contributed by atoms with van der Waals surface area (Å²) in [5.74, 6) is -1.04. The number of aryl methyl sites for hydroxylation is 1. The molecule has 1 amide bonds. The summed E-state index contributed by atoms with van der Waals surface area (Å²) in [4.78, 5) is 13.0. The molecule has 5 nitrogen and oxygen atoms in total. The van der Waals surface area contributed by atoms with Crippen molar-refractivity contribution in [3.63, 3.8) is 0 Å². The average Bonchev–Trinajstić information content (AvgIpc) is 2.40. The van der Waals surface area contributed by atoms with E-state index in [4.69, 9.17) is 5.73 Å². The highest BCUT2D eigenvalue weighted by molar-refractivity contribution is 7.90. The lowest BCUT2D eigenvalue weighted by Gasteiger charge is -2.33. The van der Waals surface area contributed by atoms with Gasteiger partial charge in [-0.1, -0.05) is 0 Å². The highest BCUT2D eigenvalue weighted by Gasteiger charge is 2.27. The monoisotopic (exact) mass is 314 g/mol. The van der Waals surface area contributed by atoms with E-state index in [0.717, 1.165) is 12.3 Å². The van der Waals surface area contributed by atoms with Gasteiger partial charge in [0.2, 0.25) is 5.91 Å². The van der Waals surface area contributed by atoms with E-state index in [-0.39, 0.29) is 16.7 Å². The summed E-state index contributed by atoms with van der Waals surface area (Å²) in [5, 5.41) is 0. The zero-order chi connectivity index (χ0) is 15.8. The molecule has 0 bridgehead atoms. The molecule has 0 radical (unpaired) electrons. The number of nitrogens with zero attached hydrogens (tertiary/aromatic N) is 1. The number of anilines is 1. The summed E-state index contributed by atoms with van der Waals surface area (Å²) in [6, 6.07) is 2.62. The third-order valence-corrected chi connectivity index (χ3v) is 5.00. The lowest BCUT2D eigenvalue weighted by atomic mass is 9.96. The molecule has 0 unspecified atom stereocenters. The Morgan fingerprint density at radius 1 is 1.33 bits per heavy atom. The van der Waals surface area contributed by atoms with Crippen LogP contribution in [0.5, 0.6) is 0 Å². The van der Waals surface area contributed by atoms with Gasteiger partial charge in [0, 0.05) is 25.3 Å². The van der Waals surface area contributed by atoms with Crippen LogP contribution in [0.2, 0.25) is 0 Å². The topological polar surface area (TPSA) is 80.5 Å². The number of primary amides is 1. The Labute approximate surface area is 123 Å². The molecule has 1 aromatic rings. The number of rotatable bonds is 3. The number of halogens is 1. The summed E-state index contributed by atoms with van der Waals surface area (Å²) in [5.41, 5.74) is 6.19. The minimum Gasteiger partial charge on any atom is -0.370 e. The van der Waals surface area contributed by atoms with Crippen LogP contribution in [0.1, 0.15) is 18.4 Å². The molecular weight excluding hydrogens is 295 g/mol. The fraction of sp³-hybridized carbons (Fsp3) is 0.500. The van der Waals surface area contributed by atoms with Gasteiger partial charge >= 0.3 is 0 Å². The van der Waals surface area contributed by atoms with Crippen molar-refractivity contribution in [2.24, 2.45) is 11.7 Å². The fourth-order valence-electron chi connectivity index (χ4n) is 2.60. The van der Waals surface area contributed by atoms with Crippen molar-refractivity contribution >= 4 is 21.4 Å². The van der Waals surface area contributed by atoms with Crippen LogP contribution in [0, 0.1) is 18.7 Å². The van der Waals surface area contributed by atoms with Crippen molar-refractivity contribution in [1.29, 1.82) is 0 Å². The van der Waals surface area contributed by atoms with Gasteiger partial charge in [0.15, 0.2) is 9.84 Å². The fourth-order valence-corrected chi connectivity index (χ4v) is 3.48. The number of carbonyl (C=O) groups is 1. The molecule has 116 valence electrons. The average molecular weight is 314 g/mol. The molecule has 2 N–H and O–H groups in total. The lowest BCUT2D eigenvalue weighted by molar-refractivity contribution is -0.122. The van der Waals surface area contributed by atoms with Gasteiger partial charge in [-0.05, 0) is 37.5 Å². The summed E-state index contributed by atoms with van der Waals surface area (Å²) in [7, 11) is -3.53. The lowest BCUT2D eigenvalue weighted by Crippen LogP contribution is -2.39. The molecule has 2 rings (SSSR count). The van der Waals surface area contributed by atoms with Crippen LogP contribution in [-0.4, -0.2) is 33.7 Å². The predicted octanol–water partition coefficient (Wildman–Crippen LogP) is 1.24. The SMILES string of the molecule is Cc1cc(N2CCC(C(N)=O)CC2)c(S(C)(=O)=O)cc1F. The van der Waals surface area contributed by atoms with Gasteiger partial charge in [-0.2, -0.15) is 0 Å². The quantitative estimate of drug-likeness (QED) is 0.910. The molecule has 0 spiro atoms. The van der Waals surface area contributed by atoms with E-state index in [9.17, 15) is 17.6 Å². The van der Waals surface area contributed by atoms with E-state index in [1.165, 1.54) is 0 Å². The number of amides is 1. The molecule has 1 fully saturated rings. The Kier molecular flexibility index (Phi) is 4.22. The first-order valence-corrected chi connectivity index (χ1v) is 8.63. The van der Waals surface area contributed by atoms with Gasteiger partial charge in [0.25, 0.3) is 0 Å². The molecule has 7 heteroatoms. The number of carbonyl (C=O) groups excluding carboxylic acids is 1. The van der Waals surface area contributed by atoms with Gasteiger partial charge in [-0.3, -0.25) is 4.79 Å². The van der Waals surface area contributed by atoms with Gasteiger partial charge in [0.05, 0.1) is 10.6 Å². The van der Waals surface area contributed by atoms with Gasteiger partial charge < -0.3 is 10.6 Å². The number of piperidine rings is 1. The molecule has 1 heterocycles. The Hall–Kier alpha value is -1.63. The van der Waals surface area contributed by atoms with Crippen LogP contribution < -0.4 is 10.6 Å². The van der Waals surface area contributed by atoms with Crippen LogP contribution in [0.25, 0.3) is 0 Å². The Morgan fingerprint density at radius 2 is 1.90 bits per heavy atom. The predicted molar refractivity (Wildman–Crippen MR) is 78.4 cm³/mol. The number of nitrogens with two attached hydrogens (primary N) is 1. The highest BCUT2D eigenvalue weighted by Crippen LogP contribution is 2.31. The van der Waals surface area contributed by atoms with Crippen LogP contribution in [0.15, 0.2) is 17.0 Å². The smallest absolute Gasteiger partial charge is 0.220 e. The van der Waals surface area contributed by atoms with E-state index in [1.807, 2.05) is 4.90 Å². The molecule has 1 aliphatic rings. The molecule has 0 aliphatic carbocycles. The normalized spacial score (nSPS) is 17.0. The zero-order valence-electron chi connectivity index (χ0n) is 12.1. The molecule has 0 atom stereocenters. The second-order valence-corrected chi connectivity index (χ2v) is 7.49. The molecular formula is C14H19FN2O3S. The first kappa shape index (κ1) is 15.8. The van der Waals surface area contributed by atoms with Crippen molar-refractivity contribution in [3.8, 4) is 0 Å². The molecule has 1 aliphatic heterocycles. The third-order valence-electron chi connectivity index (χ3n) is 3.88. The van der Waals surface area contributed by atoms with Crippen molar-refractivity contribution in [2.45, 2.75) is 24.7 Å². The van der Waals surface area contributed by atoms with Crippen LogP contribution in [-0.2, 0) is 14.6 Å². The maximum atomic E-state index is 13.7. The van der Waals surface area contributed by atoms with Crippen LogP contribution in [0.4, 0.5) is 10.1 Å². The second-order valence-electron chi connectivity index (χ2n) is 5.50. The second kappa shape index (κ2) is 5.63. The number of hydrogen-bond donors (Lipinski definition) is 1. The van der Waals surface area contributed by atoms with Crippen LogP contribution >= 0.6 is 0 Å². The van der Waals surface area contributed by atoms with Crippen molar-refractivity contribution in [2.75, 3.05) is 24.2 Å². The number of benzene rings is 1. The maximum absolute atomic E-state index is 13.7. The van der Waals surface area contributed by atoms with Gasteiger partial charge in [0.1, 0.15) is 5.82 Å². The molecule has 1 saturated heterocycles. The van der Waals surface area contributed by atoms with Crippen LogP contribution in [0.3, 0.4) is 0 Å². The molecule has 21 heavy (non-hydrogen) atoms. The van der Waals surface area contributed by atoms with E-state index < -0.39 is 15.7 Å². The third kappa shape index (κ3) is 3.34. The first-order chi connectivity index (χ1) is 9.70. The summed E-state index contributed by atoms with van der Waals surface area (Å²) in [6.45, 7) is 2.66. The molecule has 1 aromatic carbocycles.